The van der Waals surface area contributed by atoms with Gasteiger partial charge in [-0.1, -0.05) is 20.8 Å². The van der Waals surface area contributed by atoms with E-state index >= 15 is 0 Å². The Morgan fingerprint density at radius 3 is 1.69 bits per heavy atom. The van der Waals surface area contributed by atoms with Crippen molar-refractivity contribution in [1.29, 1.82) is 0 Å². The molecule has 80 valence electrons. The van der Waals surface area contributed by atoms with Crippen molar-refractivity contribution in [3.63, 3.8) is 0 Å². The summed E-state index contributed by atoms with van der Waals surface area (Å²) in [6.45, 7) is 14.4. The van der Waals surface area contributed by atoms with Crippen LogP contribution >= 0.6 is 0 Å². The molecule has 1 N–H and O–H groups in total. The van der Waals surface area contributed by atoms with E-state index in [2.05, 4.69) is 32.4 Å². The summed E-state index contributed by atoms with van der Waals surface area (Å²) in [6, 6.07) is 0.257. The lowest BCUT2D eigenvalue weighted by molar-refractivity contribution is 0.320. The normalized spacial score (nSPS) is 18.4. The van der Waals surface area contributed by atoms with Crippen molar-refractivity contribution < 1.29 is 4.21 Å². The number of hydrogen-bond donors (Lipinski definition) is 1. The molecule has 0 rings (SSSR count). The predicted molar refractivity (Wildman–Crippen MR) is 59.9 cm³/mol. The molecular weight excluding hydrogens is 182 g/mol. The first kappa shape index (κ1) is 13.1. The fraction of sp³-hybridized carbons (Fsp3) is 1.00. The second kappa shape index (κ2) is 4.09. The van der Waals surface area contributed by atoms with E-state index < -0.39 is 11.0 Å². The van der Waals surface area contributed by atoms with Crippen LogP contribution < -0.4 is 4.72 Å². The van der Waals surface area contributed by atoms with Crippen LogP contribution in [-0.4, -0.2) is 15.0 Å². The van der Waals surface area contributed by atoms with Crippen molar-refractivity contribution in [2.75, 3.05) is 0 Å². The molecule has 0 aliphatic rings. The quantitative estimate of drug-likeness (QED) is 0.737. The maximum atomic E-state index is 11.7. The number of nitrogens with one attached hydrogen (secondary N) is 1. The lowest BCUT2D eigenvalue weighted by Gasteiger charge is -2.30. The topological polar surface area (TPSA) is 29.1 Å². The van der Waals surface area contributed by atoms with Crippen LogP contribution in [0.4, 0.5) is 0 Å². The lowest BCUT2D eigenvalue weighted by atomic mass is 9.89. The van der Waals surface area contributed by atoms with E-state index in [1.165, 1.54) is 0 Å². The maximum absolute atomic E-state index is 11.7. The zero-order valence-corrected chi connectivity index (χ0v) is 10.7. The van der Waals surface area contributed by atoms with E-state index in [4.69, 9.17) is 0 Å². The molecule has 2 atom stereocenters. The van der Waals surface area contributed by atoms with Gasteiger partial charge in [0.1, 0.15) is 0 Å². The van der Waals surface area contributed by atoms with Crippen LogP contribution in [0.1, 0.15) is 48.5 Å². The molecule has 0 aliphatic carbocycles. The van der Waals surface area contributed by atoms with Gasteiger partial charge in [0, 0.05) is 6.04 Å². The summed E-state index contributed by atoms with van der Waals surface area (Å²) in [7, 11) is -0.964. The largest absolute Gasteiger partial charge is 0.242 e. The third-order valence-corrected chi connectivity index (χ3v) is 3.82. The Kier molecular flexibility index (Phi) is 4.13. The van der Waals surface area contributed by atoms with Crippen LogP contribution in [0.5, 0.6) is 0 Å². The first-order valence-electron chi connectivity index (χ1n) is 4.73. The van der Waals surface area contributed by atoms with Crippen LogP contribution in [0.2, 0.25) is 0 Å². The monoisotopic (exact) mass is 205 g/mol. The first-order valence-corrected chi connectivity index (χ1v) is 5.88. The van der Waals surface area contributed by atoms with Gasteiger partial charge in [-0.2, -0.15) is 0 Å². The van der Waals surface area contributed by atoms with Crippen molar-refractivity contribution in [3.05, 3.63) is 0 Å². The zero-order chi connectivity index (χ0) is 10.9. The van der Waals surface area contributed by atoms with Crippen molar-refractivity contribution >= 4 is 11.0 Å². The molecule has 2 nitrogen and oxygen atoms in total. The van der Waals surface area contributed by atoms with Crippen LogP contribution in [-0.2, 0) is 11.0 Å². The van der Waals surface area contributed by atoms with Gasteiger partial charge >= 0.3 is 0 Å². The highest BCUT2D eigenvalue weighted by Crippen LogP contribution is 2.20. The van der Waals surface area contributed by atoms with Crippen LogP contribution in [0.25, 0.3) is 0 Å². The smallest absolute Gasteiger partial charge is 0.0972 e. The Morgan fingerprint density at radius 2 is 1.46 bits per heavy atom. The SMILES string of the molecule is C[C@H](N[S@](=O)C(C)(C)C)C(C)(C)C. The summed E-state index contributed by atoms with van der Waals surface area (Å²) in [5.74, 6) is 0. The molecule has 0 fully saturated rings. The summed E-state index contributed by atoms with van der Waals surface area (Å²) in [4.78, 5) is 0. The summed E-state index contributed by atoms with van der Waals surface area (Å²) >= 11 is 0. The van der Waals surface area contributed by atoms with E-state index in [-0.39, 0.29) is 16.2 Å². The third kappa shape index (κ3) is 4.77. The van der Waals surface area contributed by atoms with Gasteiger partial charge in [0.25, 0.3) is 0 Å². The Hall–Kier alpha value is 0.110. The molecule has 0 saturated carbocycles. The van der Waals surface area contributed by atoms with Gasteiger partial charge in [0.15, 0.2) is 0 Å². The predicted octanol–water partition coefficient (Wildman–Crippen LogP) is 2.47. The average molecular weight is 205 g/mol. The second-order valence-electron chi connectivity index (χ2n) is 5.59. The fourth-order valence-electron chi connectivity index (χ4n) is 0.514. The molecule has 3 heteroatoms. The number of rotatable bonds is 2. The molecule has 0 saturated heterocycles. The lowest BCUT2D eigenvalue weighted by Crippen LogP contribution is -2.44. The molecule has 0 unspecified atom stereocenters. The Labute approximate surface area is 85.1 Å². The summed E-state index contributed by atoms with van der Waals surface area (Å²) in [5.41, 5.74) is 0.154. The second-order valence-corrected chi connectivity index (χ2v) is 7.58. The molecule has 0 heterocycles. The minimum atomic E-state index is -0.964. The Bertz CT molecular complexity index is 188. The van der Waals surface area contributed by atoms with E-state index in [1.54, 1.807) is 0 Å². The minimum absolute atomic E-state index is 0.154. The van der Waals surface area contributed by atoms with Crippen molar-refractivity contribution in [2.24, 2.45) is 5.41 Å². The van der Waals surface area contributed by atoms with Gasteiger partial charge in [-0.25, -0.2) is 8.93 Å². The fourth-order valence-corrected chi connectivity index (χ4v) is 1.54. The van der Waals surface area contributed by atoms with Gasteiger partial charge < -0.3 is 0 Å². The van der Waals surface area contributed by atoms with Crippen LogP contribution in [0, 0.1) is 5.41 Å². The Balaban J connectivity index is 4.24. The Morgan fingerprint density at radius 1 is 1.08 bits per heavy atom. The van der Waals surface area contributed by atoms with Crippen molar-refractivity contribution in [3.8, 4) is 0 Å². The molecule has 0 aromatic carbocycles. The van der Waals surface area contributed by atoms with Gasteiger partial charge in [0.05, 0.1) is 15.7 Å². The molecule has 13 heavy (non-hydrogen) atoms. The van der Waals surface area contributed by atoms with E-state index in [0.29, 0.717) is 0 Å². The standard InChI is InChI=1S/C10H23NOS/c1-8(9(2,3)4)11-13(12)10(5,6)7/h8,11H,1-7H3/t8-,13+/m0/s1. The molecule has 0 bridgehead atoms. The average Bonchev–Trinajstić information content (AvgIpc) is 1.82. The van der Waals surface area contributed by atoms with E-state index in [0.717, 1.165) is 0 Å². The molecule has 0 amide bonds. The first-order chi connectivity index (χ1) is 5.55. The molecular formula is C10H23NOS. The van der Waals surface area contributed by atoms with E-state index in [9.17, 15) is 4.21 Å². The van der Waals surface area contributed by atoms with Gasteiger partial charge in [-0.3, -0.25) is 0 Å². The van der Waals surface area contributed by atoms with Crippen molar-refractivity contribution in [2.45, 2.75) is 59.3 Å². The highest BCUT2D eigenvalue weighted by atomic mass is 32.2. The van der Waals surface area contributed by atoms with Crippen LogP contribution in [0.3, 0.4) is 0 Å². The van der Waals surface area contributed by atoms with Gasteiger partial charge in [0.2, 0.25) is 0 Å². The van der Waals surface area contributed by atoms with Gasteiger partial charge in [-0.15, -0.1) is 0 Å². The summed E-state index contributed by atoms with van der Waals surface area (Å²) < 4.78 is 14.7. The van der Waals surface area contributed by atoms with Crippen molar-refractivity contribution in [1.82, 2.24) is 4.72 Å². The summed E-state index contributed by atoms with van der Waals surface area (Å²) in [6.07, 6.45) is 0. The molecule has 0 radical (unpaired) electrons. The maximum Gasteiger partial charge on any atom is 0.0972 e. The molecule has 0 spiro atoms. The highest BCUT2D eigenvalue weighted by molar-refractivity contribution is 7.84. The third-order valence-electron chi connectivity index (χ3n) is 2.14. The van der Waals surface area contributed by atoms with E-state index in [1.807, 2.05) is 20.8 Å². The molecule has 0 aromatic heterocycles. The van der Waals surface area contributed by atoms with Gasteiger partial charge in [-0.05, 0) is 33.1 Å². The molecule has 0 aromatic rings. The minimum Gasteiger partial charge on any atom is -0.242 e. The zero-order valence-electron chi connectivity index (χ0n) is 9.89. The number of hydrogen-bond acceptors (Lipinski definition) is 1. The highest BCUT2D eigenvalue weighted by Gasteiger charge is 2.26. The molecule has 0 aliphatic heterocycles. The summed E-state index contributed by atoms with van der Waals surface area (Å²) in [5, 5.41) is 0. The van der Waals surface area contributed by atoms with Crippen LogP contribution in [0.15, 0.2) is 0 Å².